The number of anilines is 1. The van der Waals surface area contributed by atoms with Crippen molar-refractivity contribution in [2.24, 2.45) is 0 Å². The zero-order chi connectivity index (χ0) is 12.3. The Morgan fingerprint density at radius 3 is 2.76 bits per heavy atom. The van der Waals surface area contributed by atoms with E-state index in [4.69, 9.17) is 5.26 Å². The van der Waals surface area contributed by atoms with E-state index in [2.05, 4.69) is 30.6 Å². The summed E-state index contributed by atoms with van der Waals surface area (Å²) >= 11 is 1.95. The molecule has 1 saturated carbocycles. The molecule has 17 heavy (non-hydrogen) atoms. The quantitative estimate of drug-likeness (QED) is 0.882. The Kier molecular flexibility index (Phi) is 3.63. The second-order valence-electron chi connectivity index (χ2n) is 4.76. The summed E-state index contributed by atoms with van der Waals surface area (Å²) in [5.74, 6) is 0. The van der Waals surface area contributed by atoms with Gasteiger partial charge in [0.1, 0.15) is 6.07 Å². The lowest BCUT2D eigenvalue weighted by Crippen LogP contribution is -2.40. The molecule has 0 aromatic heterocycles. The maximum Gasteiger partial charge on any atom is 0.101 e. The number of nitrogens with zero attached hydrogens (tertiary/aromatic N) is 1. The third kappa shape index (κ3) is 2.58. The first kappa shape index (κ1) is 12.3. The molecule has 0 amide bonds. The molecule has 0 radical (unpaired) electrons. The van der Waals surface area contributed by atoms with Crippen LogP contribution < -0.4 is 5.32 Å². The molecule has 2 nitrogen and oxygen atoms in total. The SMILES string of the molecule is CSC1(CNc2cc(C)ccc2C#N)CCC1. The third-order valence-corrected chi connectivity index (χ3v) is 5.01. The molecule has 1 aromatic rings. The van der Waals surface area contributed by atoms with Crippen LogP contribution in [0.1, 0.15) is 30.4 Å². The van der Waals surface area contributed by atoms with Gasteiger partial charge in [-0.3, -0.25) is 0 Å². The predicted molar refractivity (Wildman–Crippen MR) is 74.5 cm³/mol. The fraction of sp³-hybridized carbons (Fsp3) is 0.500. The standard InChI is InChI=1S/C14H18N2S/c1-11-4-5-12(9-15)13(8-11)16-10-14(17-2)6-3-7-14/h4-5,8,16H,3,6-7,10H2,1-2H3. The zero-order valence-corrected chi connectivity index (χ0v) is 11.2. The Labute approximate surface area is 107 Å². The minimum Gasteiger partial charge on any atom is -0.383 e. The van der Waals surface area contributed by atoms with Gasteiger partial charge in [0.2, 0.25) is 0 Å². The van der Waals surface area contributed by atoms with Crippen LogP contribution in [0.4, 0.5) is 5.69 Å². The third-order valence-electron chi connectivity index (χ3n) is 3.59. The molecule has 1 N–H and O–H groups in total. The first-order valence-electron chi connectivity index (χ1n) is 5.99. The minimum atomic E-state index is 0.399. The molecule has 0 heterocycles. The van der Waals surface area contributed by atoms with Gasteiger partial charge >= 0.3 is 0 Å². The van der Waals surface area contributed by atoms with Crippen molar-refractivity contribution < 1.29 is 0 Å². The normalized spacial score (nSPS) is 17.0. The van der Waals surface area contributed by atoms with Crippen LogP contribution in [0.3, 0.4) is 0 Å². The van der Waals surface area contributed by atoms with Gasteiger partial charge in [0, 0.05) is 11.3 Å². The van der Waals surface area contributed by atoms with E-state index in [0.717, 1.165) is 17.8 Å². The van der Waals surface area contributed by atoms with E-state index >= 15 is 0 Å². The Morgan fingerprint density at radius 1 is 1.47 bits per heavy atom. The van der Waals surface area contributed by atoms with Crippen molar-refractivity contribution in [1.82, 2.24) is 0 Å². The monoisotopic (exact) mass is 246 g/mol. The van der Waals surface area contributed by atoms with E-state index in [1.165, 1.54) is 24.8 Å². The van der Waals surface area contributed by atoms with Gasteiger partial charge in [-0.2, -0.15) is 17.0 Å². The van der Waals surface area contributed by atoms with E-state index in [-0.39, 0.29) is 0 Å². The van der Waals surface area contributed by atoms with Crippen molar-refractivity contribution in [2.45, 2.75) is 30.9 Å². The summed E-state index contributed by atoms with van der Waals surface area (Å²) in [6.07, 6.45) is 6.09. The molecular formula is C14H18N2S. The number of hydrogen-bond acceptors (Lipinski definition) is 3. The van der Waals surface area contributed by atoms with Gasteiger partial charge in [-0.05, 0) is 43.7 Å². The number of aryl methyl sites for hydroxylation is 1. The molecule has 90 valence electrons. The summed E-state index contributed by atoms with van der Waals surface area (Å²) in [4.78, 5) is 0. The molecule has 1 fully saturated rings. The molecule has 2 rings (SSSR count). The van der Waals surface area contributed by atoms with Crippen molar-refractivity contribution in [3.05, 3.63) is 29.3 Å². The molecule has 3 heteroatoms. The number of hydrogen-bond donors (Lipinski definition) is 1. The van der Waals surface area contributed by atoms with E-state index in [1.807, 2.05) is 23.9 Å². The van der Waals surface area contributed by atoms with Gasteiger partial charge in [-0.15, -0.1) is 0 Å². The molecule has 0 saturated heterocycles. The number of rotatable bonds is 4. The van der Waals surface area contributed by atoms with Gasteiger partial charge < -0.3 is 5.32 Å². The number of nitriles is 1. The summed E-state index contributed by atoms with van der Waals surface area (Å²) in [5, 5.41) is 12.5. The Hall–Kier alpha value is -1.14. The first-order chi connectivity index (χ1) is 8.19. The smallest absolute Gasteiger partial charge is 0.101 e. The van der Waals surface area contributed by atoms with Crippen molar-refractivity contribution >= 4 is 17.4 Å². The maximum atomic E-state index is 9.07. The lowest BCUT2D eigenvalue weighted by Gasteiger charge is -2.40. The van der Waals surface area contributed by atoms with Gasteiger partial charge in [0.05, 0.1) is 11.3 Å². The van der Waals surface area contributed by atoms with E-state index < -0.39 is 0 Å². The van der Waals surface area contributed by atoms with Crippen LogP contribution in [0.5, 0.6) is 0 Å². The van der Waals surface area contributed by atoms with Crippen molar-refractivity contribution in [3.8, 4) is 6.07 Å². The molecule has 1 aromatic carbocycles. The lowest BCUT2D eigenvalue weighted by molar-refractivity contribution is 0.380. The van der Waals surface area contributed by atoms with Crippen molar-refractivity contribution in [2.75, 3.05) is 18.1 Å². The molecule has 0 bridgehead atoms. The molecule has 0 aliphatic heterocycles. The zero-order valence-electron chi connectivity index (χ0n) is 10.4. The molecule has 0 unspecified atom stereocenters. The van der Waals surface area contributed by atoms with Gasteiger partial charge in [-0.1, -0.05) is 12.5 Å². The number of nitrogens with one attached hydrogen (secondary N) is 1. The van der Waals surface area contributed by atoms with Gasteiger partial charge in [-0.25, -0.2) is 0 Å². The van der Waals surface area contributed by atoms with Crippen LogP contribution in [-0.4, -0.2) is 17.5 Å². The largest absolute Gasteiger partial charge is 0.383 e. The highest BCUT2D eigenvalue weighted by Crippen LogP contribution is 2.42. The maximum absolute atomic E-state index is 9.07. The summed E-state index contributed by atoms with van der Waals surface area (Å²) in [7, 11) is 0. The van der Waals surface area contributed by atoms with Crippen molar-refractivity contribution in [1.29, 1.82) is 5.26 Å². The highest BCUT2D eigenvalue weighted by atomic mass is 32.2. The fourth-order valence-electron chi connectivity index (χ4n) is 2.18. The van der Waals surface area contributed by atoms with Crippen LogP contribution >= 0.6 is 11.8 Å². The fourth-order valence-corrected chi connectivity index (χ4v) is 3.10. The molecule has 0 spiro atoms. The number of benzene rings is 1. The molecule has 1 aliphatic rings. The predicted octanol–water partition coefficient (Wildman–Crippen LogP) is 3.56. The second kappa shape index (κ2) is 5.01. The first-order valence-corrected chi connectivity index (χ1v) is 7.21. The highest BCUT2D eigenvalue weighted by molar-refractivity contribution is 8.00. The molecule has 1 aliphatic carbocycles. The van der Waals surface area contributed by atoms with Gasteiger partial charge in [0.25, 0.3) is 0 Å². The van der Waals surface area contributed by atoms with Crippen LogP contribution in [0.25, 0.3) is 0 Å². The van der Waals surface area contributed by atoms with Crippen LogP contribution in [0.2, 0.25) is 0 Å². The van der Waals surface area contributed by atoms with Crippen molar-refractivity contribution in [3.63, 3.8) is 0 Å². The lowest BCUT2D eigenvalue weighted by atomic mass is 9.84. The number of thioether (sulfide) groups is 1. The molecular weight excluding hydrogens is 228 g/mol. The van der Waals surface area contributed by atoms with E-state index in [9.17, 15) is 0 Å². The Morgan fingerprint density at radius 2 is 2.24 bits per heavy atom. The van der Waals surface area contributed by atoms with Crippen LogP contribution in [0, 0.1) is 18.3 Å². The van der Waals surface area contributed by atoms with Crippen LogP contribution in [0.15, 0.2) is 18.2 Å². The van der Waals surface area contributed by atoms with Crippen LogP contribution in [-0.2, 0) is 0 Å². The van der Waals surface area contributed by atoms with E-state index in [1.54, 1.807) is 0 Å². The van der Waals surface area contributed by atoms with Gasteiger partial charge in [0.15, 0.2) is 0 Å². The Balaban J connectivity index is 2.08. The molecule has 0 atom stereocenters. The minimum absolute atomic E-state index is 0.399. The summed E-state index contributed by atoms with van der Waals surface area (Å²) < 4.78 is 0.399. The summed E-state index contributed by atoms with van der Waals surface area (Å²) in [5.41, 5.74) is 2.91. The topological polar surface area (TPSA) is 35.8 Å². The summed E-state index contributed by atoms with van der Waals surface area (Å²) in [6, 6.07) is 8.18. The summed E-state index contributed by atoms with van der Waals surface area (Å²) in [6.45, 7) is 3.02. The van der Waals surface area contributed by atoms with E-state index in [0.29, 0.717) is 4.75 Å². The second-order valence-corrected chi connectivity index (χ2v) is 6.03. The average molecular weight is 246 g/mol. The average Bonchev–Trinajstić information content (AvgIpc) is 2.28. The highest BCUT2D eigenvalue weighted by Gasteiger charge is 2.35. The Bertz CT molecular complexity index is 439.